The van der Waals surface area contributed by atoms with Gasteiger partial charge >= 0.3 is 6.09 Å². The Morgan fingerprint density at radius 2 is 1.70 bits per heavy atom. The molecule has 2 saturated heterocycles. The average molecular weight is 557 g/mol. The molecule has 0 aromatic carbocycles. The Hall–Kier alpha value is -0.580. The van der Waals surface area contributed by atoms with Gasteiger partial charge in [-0.15, -0.1) is 24.0 Å². The second kappa shape index (κ2) is 11.3. The fraction of sp³-hybridized carbons (Fsp3) is 0.905. The van der Waals surface area contributed by atoms with Crippen LogP contribution in [-0.4, -0.2) is 68.5 Å². The molecule has 176 valence electrons. The average Bonchev–Trinajstić information content (AvgIpc) is 2.84. The number of amides is 1. The van der Waals surface area contributed by atoms with Crippen molar-refractivity contribution in [1.82, 2.24) is 15.5 Å². The third-order valence-electron chi connectivity index (χ3n) is 5.25. The van der Waals surface area contributed by atoms with Gasteiger partial charge in [0.2, 0.25) is 0 Å². The fourth-order valence-electron chi connectivity index (χ4n) is 3.97. The van der Waals surface area contributed by atoms with Crippen molar-refractivity contribution < 1.29 is 13.7 Å². The van der Waals surface area contributed by atoms with Gasteiger partial charge in [0, 0.05) is 46.0 Å². The Bertz CT molecular complexity index is 617. The van der Waals surface area contributed by atoms with E-state index in [1.54, 1.807) is 0 Å². The number of halogens is 1. The van der Waals surface area contributed by atoms with Crippen molar-refractivity contribution in [3.63, 3.8) is 0 Å². The largest absolute Gasteiger partial charge is 0.444 e. The van der Waals surface area contributed by atoms with Crippen LogP contribution in [0.15, 0.2) is 4.99 Å². The highest BCUT2D eigenvalue weighted by molar-refractivity contribution is 14.0. The van der Waals surface area contributed by atoms with Crippen LogP contribution in [0.1, 0.15) is 74.1 Å². The zero-order chi connectivity index (χ0) is 21.8. The number of nitrogens with one attached hydrogen (secondary N) is 2. The van der Waals surface area contributed by atoms with Crippen LogP contribution in [0.25, 0.3) is 0 Å². The van der Waals surface area contributed by atoms with E-state index in [2.05, 4.69) is 15.6 Å². The molecule has 7 nitrogen and oxygen atoms in total. The molecule has 2 aliphatic rings. The molecule has 2 bridgehead atoms. The number of nitrogens with zero attached hydrogens (tertiary/aromatic N) is 2. The maximum absolute atomic E-state index is 12.6. The summed E-state index contributed by atoms with van der Waals surface area (Å²) in [5, 5.41) is 6.83. The molecule has 2 heterocycles. The first-order valence-electron chi connectivity index (χ1n) is 10.9. The predicted octanol–water partition coefficient (Wildman–Crippen LogP) is 3.64. The van der Waals surface area contributed by atoms with E-state index in [-0.39, 0.29) is 52.9 Å². The van der Waals surface area contributed by atoms with E-state index in [0.717, 1.165) is 38.2 Å². The van der Waals surface area contributed by atoms with E-state index in [1.165, 1.54) is 0 Å². The highest BCUT2D eigenvalue weighted by Crippen LogP contribution is 2.36. The van der Waals surface area contributed by atoms with E-state index in [1.807, 2.05) is 53.4 Å². The van der Waals surface area contributed by atoms with Crippen LogP contribution in [-0.2, 0) is 15.5 Å². The van der Waals surface area contributed by atoms with Gasteiger partial charge in [-0.05, 0) is 74.1 Å². The predicted molar refractivity (Wildman–Crippen MR) is 135 cm³/mol. The second-order valence-electron chi connectivity index (χ2n) is 10.0. The van der Waals surface area contributed by atoms with Gasteiger partial charge in [-0.1, -0.05) is 0 Å². The van der Waals surface area contributed by atoms with Crippen molar-refractivity contribution in [1.29, 1.82) is 0 Å². The lowest BCUT2D eigenvalue weighted by atomic mass is 9.98. The lowest BCUT2D eigenvalue weighted by Crippen LogP contribution is -2.55. The molecule has 2 aliphatic heterocycles. The smallest absolute Gasteiger partial charge is 0.410 e. The van der Waals surface area contributed by atoms with Gasteiger partial charge in [-0.2, -0.15) is 0 Å². The Morgan fingerprint density at radius 3 is 2.17 bits per heavy atom. The first-order valence-corrected chi connectivity index (χ1v) is 12.2. The highest BCUT2D eigenvalue weighted by atomic mass is 127. The Kier molecular flexibility index (Phi) is 10.4. The molecule has 0 aromatic heterocycles. The molecule has 2 rings (SSSR count). The number of aliphatic imine (C=N–C) groups is 1. The van der Waals surface area contributed by atoms with Crippen LogP contribution in [0.2, 0.25) is 0 Å². The molecule has 0 saturated carbocycles. The van der Waals surface area contributed by atoms with Crippen LogP contribution >= 0.6 is 24.0 Å². The van der Waals surface area contributed by atoms with Crippen LogP contribution in [0, 0.1) is 0 Å². The normalized spacial score (nSPS) is 25.4. The number of guanidine groups is 1. The van der Waals surface area contributed by atoms with Gasteiger partial charge in [0.15, 0.2) is 5.96 Å². The number of piperidine rings is 1. The van der Waals surface area contributed by atoms with E-state index in [9.17, 15) is 9.00 Å². The Morgan fingerprint density at radius 1 is 1.13 bits per heavy atom. The first-order chi connectivity index (χ1) is 13.4. The second-order valence-corrected chi connectivity index (χ2v) is 12.3. The summed E-state index contributed by atoms with van der Waals surface area (Å²) in [6, 6.07) is 0.715. The molecule has 9 heteroatoms. The van der Waals surface area contributed by atoms with Crippen molar-refractivity contribution >= 4 is 46.8 Å². The molecular weight excluding hydrogens is 515 g/mol. The van der Waals surface area contributed by atoms with E-state index < -0.39 is 16.4 Å². The standard InChI is InChI=1S/C21H40N4O3S.HI/c1-8-22-18(23-11-12-29(27)21(5,6)7)24-15-13-16-9-10-17(14-15)25(16)19(26)28-20(2,3)4;/h15-17H,8-14H2,1-7H3,(H2,22,23,24);1H. The van der Waals surface area contributed by atoms with Crippen LogP contribution in [0.3, 0.4) is 0 Å². The topological polar surface area (TPSA) is 83.0 Å². The molecular formula is C21H41IN4O3S. The summed E-state index contributed by atoms with van der Waals surface area (Å²) in [5.41, 5.74) is -0.469. The molecule has 3 unspecified atom stereocenters. The van der Waals surface area contributed by atoms with Crippen LogP contribution < -0.4 is 10.6 Å². The molecule has 0 spiro atoms. The van der Waals surface area contributed by atoms with E-state index in [4.69, 9.17) is 4.74 Å². The monoisotopic (exact) mass is 556 g/mol. The van der Waals surface area contributed by atoms with Crippen molar-refractivity contribution in [3.8, 4) is 0 Å². The minimum atomic E-state index is -0.905. The maximum Gasteiger partial charge on any atom is 0.410 e. The minimum absolute atomic E-state index is 0. The third-order valence-corrected chi connectivity index (χ3v) is 7.17. The molecule has 30 heavy (non-hydrogen) atoms. The number of carbonyl (C=O) groups excluding carboxylic acids is 1. The summed E-state index contributed by atoms with van der Waals surface area (Å²) in [7, 11) is -0.905. The van der Waals surface area contributed by atoms with Gasteiger partial charge in [0.05, 0.1) is 6.54 Å². The number of rotatable bonds is 5. The first kappa shape index (κ1) is 27.5. The van der Waals surface area contributed by atoms with Crippen LogP contribution in [0.4, 0.5) is 4.79 Å². The molecule has 0 aliphatic carbocycles. The molecule has 0 aromatic rings. The van der Waals surface area contributed by atoms with Gasteiger partial charge in [0.25, 0.3) is 0 Å². The number of fused-ring (bicyclic) bond motifs is 2. The van der Waals surface area contributed by atoms with Crippen molar-refractivity contribution in [3.05, 3.63) is 0 Å². The lowest BCUT2D eigenvalue weighted by molar-refractivity contribution is 0.00545. The summed E-state index contributed by atoms with van der Waals surface area (Å²) >= 11 is 0. The Labute approximate surface area is 202 Å². The fourth-order valence-corrected chi connectivity index (χ4v) is 4.84. The summed E-state index contributed by atoms with van der Waals surface area (Å²) in [4.78, 5) is 19.2. The number of hydrogen-bond acceptors (Lipinski definition) is 4. The quantitative estimate of drug-likeness (QED) is 0.307. The summed E-state index contributed by atoms with van der Waals surface area (Å²) in [6.45, 7) is 15.0. The highest BCUT2D eigenvalue weighted by Gasteiger charge is 2.45. The molecule has 2 fully saturated rings. The van der Waals surface area contributed by atoms with Gasteiger partial charge in [0.1, 0.15) is 5.60 Å². The third kappa shape index (κ3) is 8.16. The van der Waals surface area contributed by atoms with Crippen LogP contribution in [0.5, 0.6) is 0 Å². The Balaban J connectivity index is 0.00000450. The summed E-state index contributed by atoms with van der Waals surface area (Å²) < 4.78 is 17.6. The molecule has 2 N–H and O–H groups in total. The summed E-state index contributed by atoms with van der Waals surface area (Å²) in [5.74, 6) is 1.33. The molecule has 0 radical (unpaired) electrons. The minimum Gasteiger partial charge on any atom is -0.444 e. The van der Waals surface area contributed by atoms with E-state index >= 15 is 0 Å². The van der Waals surface area contributed by atoms with Crippen molar-refractivity contribution in [2.24, 2.45) is 4.99 Å². The zero-order valence-electron chi connectivity index (χ0n) is 19.6. The molecule has 3 atom stereocenters. The molecule has 1 amide bonds. The maximum atomic E-state index is 12.6. The van der Waals surface area contributed by atoms with Gasteiger partial charge in [-0.3, -0.25) is 9.20 Å². The van der Waals surface area contributed by atoms with E-state index in [0.29, 0.717) is 12.3 Å². The SMILES string of the molecule is CCNC(=NCCS(=O)C(C)(C)C)NC1CC2CCC(C1)N2C(=O)OC(C)(C)C.I. The summed E-state index contributed by atoms with van der Waals surface area (Å²) in [6.07, 6.45) is 3.66. The van der Waals surface area contributed by atoms with Crippen molar-refractivity contribution in [2.75, 3.05) is 18.8 Å². The number of carbonyl (C=O) groups is 1. The number of hydrogen-bond donors (Lipinski definition) is 2. The number of ether oxygens (including phenoxy) is 1. The van der Waals surface area contributed by atoms with Gasteiger partial charge < -0.3 is 20.3 Å². The van der Waals surface area contributed by atoms with Crippen molar-refractivity contribution in [2.45, 2.75) is 103 Å². The zero-order valence-corrected chi connectivity index (χ0v) is 22.8. The lowest BCUT2D eigenvalue weighted by Gasteiger charge is -2.40. The van der Waals surface area contributed by atoms with Gasteiger partial charge in [-0.25, -0.2) is 4.79 Å².